The highest BCUT2D eigenvalue weighted by Crippen LogP contribution is 2.44. The first-order valence-corrected chi connectivity index (χ1v) is 10.7. The fourth-order valence-electron chi connectivity index (χ4n) is 3.94. The van der Waals surface area contributed by atoms with Crippen molar-refractivity contribution >= 4 is 33.2 Å². The Balaban J connectivity index is 1.51. The van der Waals surface area contributed by atoms with Crippen molar-refractivity contribution in [1.82, 2.24) is 4.90 Å². The van der Waals surface area contributed by atoms with Crippen molar-refractivity contribution in [2.45, 2.75) is 36.9 Å². The summed E-state index contributed by atoms with van der Waals surface area (Å²) in [6.45, 7) is 1.25. The Kier molecular flexibility index (Phi) is 4.11. The number of nitrogens with one attached hydrogen (secondary N) is 1. The van der Waals surface area contributed by atoms with Gasteiger partial charge < -0.3 is 15.0 Å². The van der Waals surface area contributed by atoms with Crippen molar-refractivity contribution in [3.63, 3.8) is 0 Å². The molecule has 6 nitrogen and oxygen atoms in total. The highest BCUT2D eigenvalue weighted by Gasteiger charge is 2.49. The van der Waals surface area contributed by atoms with Gasteiger partial charge in [-0.05, 0) is 31.4 Å². The Morgan fingerprint density at radius 2 is 2.04 bits per heavy atom. The van der Waals surface area contributed by atoms with Crippen LogP contribution in [0.5, 0.6) is 5.75 Å². The number of anilines is 1. The van der Waals surface area contributed by atoms with Crippen molar-refractivity contribution in [3.8, 4) is 5.75 Å². The summed E-state index contributed by atoms with van der Waals surface area (Å²) in [7, 11) is -3.15. The average molecular weight is 385 g/mol. The second-order valence-electron chi connectivity index (χ2n) is 7.06. The Bertz CT molecular complexity index is 820. The summed E-state index contributed by atoms with van der Waals surface area (Å²) in [6.07, 6.45) is 3.69. The molecule has 0 bridgehead atoms. The van der Waals surface area contributed by atoms with Gasteiger partial charge in [-0.15, -0.1) is 0 Å². The fraction of sp³-hybridized carbons (Fsp3) is 0.588. The van der Waals surface area contributed by atoms with E-state index < -0.39 is 14.6 Å². The van der Waals surface area contributed by atoms with Crippen LogP contribution >= 0.6 is 11.6 Å². The lowest BCUT2D eigenvalue weighted by Gasteiger charge is -2.39. The first-order chi connectivity index (χ1) is 11.9. The van der Waals surface area contributed by atoms with Crippen LogP contribution in [0, 0.1) is 0 Å². The van der Waals surface area contributed by atoms with E-state index in [4.69, 9.17) is 16.3 Å². The van der Waals surface area contributed by atoms with Crippen LogP contribution in [0.1, 0.15) is 31.2 Å². The van der Waals surface area contributed by atoms with Gasteiger partial charge in [0.2, 0.25) is 0 Å². The lowest BCUT2D eigenvalue weighted by Crippen LogP contribution is -2.46. The molecule has 1 aromatic rings. The number of fused-ring (bicyclic) bond motifs is 1. The molecule has 8 heteroatoms. The minimum atomic E-state index is -3.15. The quantitative estimate of drug-likeness (QED) is 0.807. The molecule has 136 valence electrons. The number of sulfone groups is 1. The molecular formula is C17H21ClN2O4S. The molecule has 1 spiro atoms. The Morgan fingerprint density at radius 1 is 1.24 bits per heavy atom. The van der Waals surface area contributed by atoms with Crippen molar-refractivity contribution in [3.05, 3.63) is 22.7 Å². The third-order valence-corrected chi connectivity index (χ3v) is 8.54. The largest absolute Gasteiger partial charge is 0.491 e. The van der Waals surface area contributed by atoms with E-state index in [0.29, 0.717) is 36.0 Å². The Morgan fingerprint density at radius 3 is 2.76 bits per heavy atom. The third-order valence-electron chi connectivity index (χ3n) is 5.67. The number of halogens is 1. The average Bonchev–Trinajstić information content (AvgIpc) is 2.90. The maximum Gasteiger partial charge on any atom is 0.321 e. The monoisotopic (exact) mass is 384 g/mol. The van der Waals surface area contributed by atoms with Crippen LogP contribution in [0.4, 0.5) is 10.5 Å². The zero-order valence-electron chi connectivity index (χ0n) is 13.9. The summed E-state index contributed by atoms with van der Waals surface area (Å²) in [4.78, 5) is 14.3. The first-order valence-electron chi connectivity index (χ1n) is 8.64. The number of hydrogen-bond acceptors (Lipinski definition) is 4. The van der Waals surface area contributed by atoms with Gasteiger partial charge in [-0.25, -0.2) is 13.2 Å². The van der Waals surface area contributed by atoms with E-state index in [1.165, 1.54) is 0 Å². The van der Waals surface area contributed by atoms with Gasteiger partial charge in [0, 0.05) is 30.1 Å². The molecule has 0 atom stereocenters. The van der Waals surface area contributed by atoms with Crippen LogP contribution in [0.2, 0.25) is 5.02 Å². The molecule has 4 rings (SSSR count). The summed E-state index contributed by atoms with van der Waals surface area (Å²) >= 11 is 6.13. The predicted octanol–water partition coefficient (Wildman–Crippen LogP) is 2.85. The van der Waals surface area contributed by atoms with Crippen LogP contribution in [0.15, 0.2) is 12.1 Å². The lowest BCUT2D eigenvalue weighted by atomic mass is 9.81. The van der Waals surface area contributed by atoms with E-state index in [1.54, 1.807) is 11.0 Å². The number of amides is 2. The second-order valence-corrected chi connectivity index (χ2v) is 10.0. The summed E-state index contributed by atoms with van der Waals surface area (Å²) in [6, 6.07) is 3.22. The zero-order valence-corrected chi connectivity index (χ0v) is 15.5. The molecule has 1 aromatic carbocycles. The molecule has 2 heterocycles. The summed E-state index contributed by atoms with van der Waals surface area (Å²) in [5.41, 5.74) is 1.53. The van der Waals surface area contributed by atoms with E-state index in [1.807, 2.05) is 6.07 Å². The van der Waals surface area contributed by atoms with E-state index in [-0.39, 0.29) is 18.3 Å². The van der Waals surface area contributed by atoms with Gasteiger partial charge in [-0.3, -0.25) is 0 Å². The third kappa shape index (κ3) is 2.87. The van der Waals surface area contributed by atoms with Crippen molar-refractivity contribution in [1.29, 1.82) is 0 Å². The van der Waals surface area contributed by atoms with Gasteiger partial charge in [0.1, 0.15) is 5.75 Å². The predicted molar refractivity (Wildman–Crippen MR) is 96.2 cm³/mol. The van der Waals surface area contributed by atoms with Gasteiger partial charge in [-0.1, -0.05) is 18.0 Å². The van der Waals surface area contributed by atoms with Crippen molar-refractivity contribution in [2.75, 3.05) is 30.8 Å². The van der Waals surface area contributed by atoms with Crippen LogP contribution < -0.4 is 10.1 Å². The summed E-state index contributed by atoms with van der Waals surface area (Å²) in [5.74, 6) is 0.695. The minimum absolute atomic E-state index is 0.0323. The van der Waals surface area contributed by atoms with Gasteiger partial charge in [-0.2, -0.15) is 0 Å². The molecule has 25 heavy (non-hydrogen) atoms. The highest BCUT2D eigenvalue weighted by molar-refractivity contribution is 7.92. The van der Waals surface area contributed by atoms with Crippen LogP contribution in [-0.4, -0.2) is 49.5 Å². The number of hydrogen-bond donors (Lipinski definition) is 1. The van der Waals surface area contributed by atoms with Crippen molar-refractivity contribution < 1.29 is 17.9 Å². The number of carbonyl (C=O) groups excluding carboxylic acids is 1. The summed E-state index contributed by atoms with van der Waals surface area (Å²) < 4.78 is 30.1. The van der Waals surface area contributed by atoms with Gasteiger partial charge >= 0.3 is 6.03 Å². The van der Waals surface area contributed by atoms with E-state index in [9.17, 15) is 13.2 Å². The smallest absolute Gasteiger partial charge is 0.321 e. The minimum Gasteiger partial charge on any atom is -0.491 e. The summed E-state index contributed by atoms with van der Waals surface area (Å²) in [5, 5.41) is 3.40. The molecule has 2 amide bonds. The number of urea groups is 1. The van der Waals surface area contributed by atoms with E-state index in [0.717, 1.165) is 31.2 Å². The van der Waals surface area contributed by atoms with Gasteiger partial charge in [0.25, 0.3) is 0 Å². The molecular weight excluding hydrogens is 364 g/mol. The number of nitrogens with zero attached hydrogens (tertiary/aromatic N) is 1. The Labute approximate surface area is 152 Å². The molecule has 0 unspecified atom stereocenters. The normalized spacial score (nSPS) is 23.3. The molecule has 0 radical (unpaired) electrons. The van der Waals surface area contributed by atoms with Crippen LogP contribution in [0.25, 0.3) is 0 Å². The lowest BCUT2D eigenvalue weighted by molar-refractivity contribution is 0.209. The van der Waals surface area contributed by atoms with Crippen molar-refractivity contribution in [2.24, 2.45) is 0 Å². The van der Waals surface area contributed by atoms with Gasteiger partial charge in [0.15, 0.2) is 9.84 Å². The highest BCUT2D eigenvalue weighted by atomic mass is 35.5. The number of rotatable bonds is 1. The molecule has 2 fully saturated rings. The molecule has 1 aliphatic carbocycles. The molecule has 1 saturated heterocycles. The molecule has 2 aliphatic heterocycles. The standard InChI is InChI=1S/C17H21ClN2O4S/c18-13-10-12-2-8-24-15(12)14(11-13)19-16(21)20-6-5-17(3-1-4-17)25(22,23)9-7-20/h10-11H,1-9H2,(H,19,21). The molecule has 1 saturated carbocycles. The van der Waals surface area contributed by atoms with Crippen LogP contribution in [-0.2, 0) is 16.3 Å². The SMILES string of the molecule is O=C(Nc1cc(Cl)cc2c1OCC2)N1CCC2(CCC2)S(=O)(=O)CC1. The molecule has 0 aromatic heterocycles. The fourth-order valence-corrected chi connectivity index (χ4v) is 6.39. The Hall–Kier alpha value is -1.47. The molecule has 1 N–H and O–H groups in total. The van der Waals surface area contributed by atoms with Gasteiger partial charge in [0.05, 0.1) is 22.8 Å². The van der Waals surface area contributed by atoms with E-state index >= 15 is 0 Å². The maximum absolute atomic E-state index is 12.7. The number of carbonyl (C=O) groups is 1. The maximum atomic E-state index is 12.7. The first kappa shape index (κ1) is 17.0. The zero-order chi connectivity index (χ0) is 17.7. The topological polar surface area (TPSA) is 75.7 Å². The number of benzene rings is 1. The van der Waals surface area contributed by atoms with Crippen LogP contribution in [0.3, 0.4) is 0 Å². The second kappa shape index (κ2) is 6.06. The van der Waals surface area contributed by atoms with E-state index in [2.05, 4.69) is 5.32 Å². The number of ether oxygens (including phenoxy) is 1. The molecule has 3 aliphatic rings.